The summed E-state index contributed by atoms with van der Waals surface area (Å²) < 4.78 is 5.15. The summed E-state index contributed by atoms with van der Waals surface area (Å²) in [6, 6.07) is 0.628. The van der Waals surface area contributed by atoms with Gasteiger partial charge in [-0.2, -0.15) is 0 Å². The lowest BCUT2D eigenvalue weighted by atomic mass is 9.64. The summed E-state index contributed by atoms with van der Waals surface area (Å²) in [6.45, 7) is 12.3. The summed E-state index contributed by atoms with van der Waals surface area (Å²) >= 11 is 0. The van der Waals surface area contributed by atoms with E-state index in [2.05, 4.69) is 31.0 Å². The first-order valence-electron chi connectivity index (χ1n) is 10.8. The van der Waals surface area contributed by atoms with Crippen molar-refractivity contribution in [3.8, 4) is 0 Å². The molecule has 27 heavy (non-hydrogen) atoms. The Balaban J connectivity index is 1.41. The molecule has 3 fully saturated rings. The third kappa shape index (κ3) is 4.58. The minimum atomic E-state index is -0.153. The molecule has 0 bridgehead atoms. The fourth-order valence-corrected chi connectivity index (χ4v) is 4.89. The monoisotopic (exact) mass is 379 g/mol. The summed E-state index contributed by atoms with van der Waals surface area (Å²) in [5, 5.41) is 3.21. The second-order valence-corrected chi connectivity index (χ2v) is 9.47. The molecule has 3 aliphatic rings. The normalized spacial score (nSPS) is 29.6. The Morgan fingerprint density at radius 1 is 1.15 bits per heavy atom. The highest BCUT2D eigenvalue weighted by Crippen LogP contribution is 2.50. The smallest absolute Gasteiger partial charge is 0.409 e. The lowest BCUT2D eigenvalue weighted by Gasteiger charge is -2.51. The van der Waals surface area contributed by atoms with Gasteiger partial charge in [-0.1, -0.05) is 6.92 Å². The van der Waals surface area contributed by atoms with E-state index in [1.54, 1.807) is 0 Å². The third-order valence-electron chi connectivity index (χ3n) is 7.06. The fourth-order valence-electron chi connectivity index (χ4n) is 4.89. The molecule has 2 aliphatic heterocycles. The van der Waals surface area contributed by atoms with Crippen molar-refractivity contribution in [2.45, 2.75) is 77.8 Å². The summed E-state index contributed by atoms with van der Waals surface area (Å²) in [6.07, 6.45) is 6.19. The fraction of sp³-hybridized carbons (Fsp3) is 0.905. The molecule has 0 aromatic heterocycles. The lowest BCUT2D eigenvalue weighted by molar-refractivity contribution is -0.128. The first-order chi connectivity index (χ1) is 12.8. The van der Waals surface area contributed by atoms with E-state index in [9.17, 15) is 9.59 Å². The van der Waals surface area contributed by atoms with Crippen LogP contribution in [0.15, 0.2) is 0 Å². The number of amides is 2. The summed E-state index contributed by atoms with van der Waals surface area (Å²) in [7, 11) is 0. The molecule has 154 valence electrons. The van der Waals surface area contributed by atoms with Crippen molar-refractivity contribution in [3.05, 3.63) is 0 Å². The van der Waals surface area contributed by atoms with E-state index in [4.69, 9.17) is 4.74 Å². The minimum absolute atomic E-state index is 0.109. The first-order valence-corrected chi connectivity index (χ1v) is 10.8. The Morgan fingerprint density at radius 3 is 2.41 bits per heavy atom. The quantitative estimate of drug-likeness (QED) is 0.798. The van der Waals surface area contributed by atoms with Gasteiger partial charge in [0.15, 0.2) is 0 Å². The standard InChI is InChI=1S/C21H37N3O3/c1-5-20(3,4)22-18(25)16-7-10-23(11-8-16)17-13-21(14-17)9-12-24(15-21)19(26)27-6-2/h16-17H,5-15H2,1-4H3,(H,22,25). The second-order valence-electron chi connectivity index (χ2n) is 9.47. The molecule has 6 nitrogen and oxygen atoms in total. The summed E-state index contributed by atoms with van der Waals surface area (Å²) in [5.41, 5.74) is 0.207. The molecule has 2 amide bonds. The maximum absolute atomic E-state index is 12.5. The highest BCUT2D eigenvalue weighted by Gasteiger charge is 2.51. The van der Waals surface area contributed by atoms with Crippen LogP contribution in [0.5, 0.6) is 0 Å². The Kier molecular flexibility index (Phi) is 6.04. The van der Waals surface area contributed by atoms with Crippen LogP contribution in [-0.2, 0) is 9.53 Å². The first kappa shape index (κ1) is 20.4. The van der Waals surface area contributed by atoms with Crippen LogP contribution in [-0.4, -0.2) is 66.2 Å². The largest absolute Gasteiger partial charge is 0.450 e. The zero-order valence-corrected chi connectivity index (χ0v) is 17.6. The van der Waals surface area contributed by atoms with Crippen molar-refractivity contribution in [1.82, 2.24) is 15.1 Å². The number of carbonyl (C=O) groups excluding carboxylic acids is 2. The van der Waals surface area contributed by atoms with Gasteiger partial charge in [0.2, 0.25) is 5.91 Å². The van der Waals surface area contributed by atoms with Crippen LogP contribution >= 0.6 is 0 Å². The number of hydrogen-bond donors (Lipinski definition) is 1. The topological polar surface area (TPSA) is 61.9 Å². The molecule has 1 spiro atoms. The molecule has 0 unspecified atom stereocenters. The molecule has 0 radical (unpaired) electrons. The third-order valence-corrected chi connectivity index (χ3v) is 7.06. The van der Waals surface area contributed by atoms with Crippen molar-refractivity contribution in [1.29, 1.82) is 0 Å². The number of piperidine rings is 1. The van der Waals surface area contributed by atoms with Crippen molar-refractivity contribution >= 4 is 12.0 Å². The number of rotatable bonds is 5. The number of nitrogens with one attached hydrogen (secondary N) is 1. The van der Waals surface area contributed by atoms with Gasteiger partial charge in [-0.05, 0) is 77.8 Å². The Morgan fingerprint density at radius 2 is 1.81 bits per heavy atom. The van der Waals surface area contributed by atoms with Crippen molar-refractivity contribution in [2.24, 2.45) is 11.3 Å². The molecule has 2 heterocycles. The van der Waals surface area contributed by atoms with Crippen LogP contribution in [0, 0.1) is 11.3 Å². The lowest BCUT2D eigenvalue weighted by Crippen LogP contribution is -2.55. The Bertz CT molecular complexity index is 549. The second kappa shape index (κ2) is 7.98. The predicted molar refractivity (Wildman–Crippen MR) is 105 cm³/mol. The zero-order valence-electron chi connectivity index (χ0n) is 17.6. The summed E-state index contributed by atoms with van der Waals surface area (Å²) in [5.74, 6) is 0.388. The number of nitrogens with zero attached hydrogens (tertiary/aromatic N) is 2. The SMILES string of the molecule is CCOC(=O)N1CCC2(CC(N3CCC(C(=O)NC(C)(C)CC)CC3)C2)C1. The molecule has 0 aromatic carbocycles. The molecular weight excluding hydrogens is 342 g/mol. The molecule has 1 aliphatic carbocycles. The van der Waals surface area contributed by atoms with E-state index in [-0.39, 0.29) is 23.5 Å². The highest BCUT2D eigenvalue weighted by atomic mass is 16.6. The van der Waals surface area contributed by atoms with E-state index in [1.807, 2.05) is 11.8 Å². The zero-order chi connectivity index (χ0) is 19.7. The highest BCUT2D eigenvalue weighted by molar-refractivity contribution is 5.79. The Labute approximate surface area is 164 Å². The van der Waals surface area contributed by atoms with E-state index < -0.39 is 0 Å². The molecule has 2 saturated heterocycles. The van der Waals surface area contributed by atoms with Gasteiger partial charge in [0.25, 0.3) is 0 Å². The number of ether oxygens (including phenoxy) is 1. The van der Waals surface area contributed by atoms with Crippen LogP contribution < -0.4 is 5.32 Å². The van der Waals surface area contributed by atoms with E-state index >= 15 is 0 Å². The maximum atomic E-state index is 12.5. The molecule has 1 N–H and O–H groups in total. The molecule has 0 atom stereocenters. The maximum Gasteiger partial charge on any atom is 0.409 e. The minimum Gasteiger partial charge on any atom is -0.450 e. The van der Waals surface area contributed by atoms with Gasteiger partial charge in [-0.3, -0.25) is 4.79 Å². The average molecular weight is 380 g/mol. The van der Waals surface area contributed by atoms with Gasteiger partial charge in [-0.15, -0.1) is 0 Å². The van der Waals surface area contributed by atoms with Gasteiger partial charge in [0.05, 0.1) is 6.61 Å². The van der Waals surface area contributed by atoms with Crippen molar-refractivity contribution in [3.63, 3.8) is 0 Å². The van der Waals surface area contributed by atoms with Crippen molar-refractivity contribution in [2.75, 3.05) is 32.8 Å². The van der Waals surface area contributed by atoms with Gasteiger partial charge >= 0.3 is 6.09 Å². The van der Waals surface area contributed by atoms with Crippen molar-refractivity contribution < 1.29 is 14.3 Å². The average Bonchev–Trinajstić information content (AvgIpc) is 3.06. The van der Waals surface area contributed by atoms with Gasteiger partial charge in [0.1, 0.15) is 0 Å². The molecule has 3 rings (SSSR count). The number of likely N-dealkylation sites (tertiary alicyclic amines) is 2. The van der Waals surface area contributed by atoms with Crippen LogP contribution in [0.1, 0.15) is 66.2 Å². The molecular formula is C21H37N3O3. The van der Waals surface area contributed by atoms with Crippen LogP contribution in [0.25, 0.3) is 0 Å². The number of hydrogen-bond acceptors (Lipinski definition) is 4. The van der Waals surface area contributed by atoms with Crippen LogP contribution in [0.3, 0.4) is 0 Å². The van der Waals surface area contributed by atoms with Gasteiger partial charge in [0, 0.05) is 30.6 Å². The van der Waals surface area contributed by atoms with E-state index in [1.165, 1.54) is 12.8 Å². The predicted octanol–water partition coefficient (Wildman–Crippen LogP) is 3.01. The molecule has 6 heteroatoms. The number of carbonyl (C=O) groups is 2. The van der Waals surface area contributed by atoms with Gasteiger partial charge < -0.3 is 19.9 Å². The van der Waals surface area contributed by atoms with Gasteiger partial charge in [-0.25, -0.2) is 4.79 Å². The van der Waals surface area contributed by atoms with E-state index in [0.717, 1.165) is 51.9 Å². The summed E-state index contributed by atoms with van der Waals surface area (Å²) in [4.78, 5) is 28.9. The van der Waals surface area contributed by atoms with Crippen LogP contribution in [0.4, 0.5) is 4.79 Å². The van der Waals surface area contributed by atoms with Crippen LogP contribution in [0.2, 0.25) is 0 Å². The van der Waals surface area contributed by atoms with E-state index in [0.29, 0.717) is 18.1 Å². The molecule has 1 saturated carbocycles. The molecule has 0 aromatic rings. The Hall–Kier alpha value is -1.30.